The van der Waals surface area contributed by atoms with Crippen LogP contribution in [0.3, 0.4) is 0 Å². The third kappa shape index (κ3) is 5.09. The monoisotopic (exact) mass is 311 g/mol. The van der Waals surface area contributed by atoms with E-state index in [1.54, 1.807) is 0 Å². The van der Waals surface area contributed by atoms with Crippen molar-refractivity contribution < 1.29 is 13.2 Å². The van der Waals surface area contributed by atoms with E-state index in [1.807, 2.05) is 32.9 Å². The maximum Gasteiger partial charge on any atom is 0.212 e. The molecule has 1 aromatic rings. The predicted octanol–water partition coefficient (Wildman–Crippen LogP) is 2.71. The minimum Gasteiger partial charge on any atom is -0.381 e. The standard InChI is InChI=1S/C16H25NO3S/c1-12-8-13(2)10-16(9-12)14(3)17-21(18,19)11-15-4-6-20-7-5-15/h8-10,14-15,17H,4-7,11H2,1-3H3. The van der Waals surface area contributed by atoms with Gasteiger partial charge in [-0.05, 0) is 45.1 Å². The summed E-state index contributed by atoms with van der Waals surface area (Å²) in [6.07, 6.45) is 1.66. The van der Waals surface area contributed by atoms with Crippen molar-refractivity contribution in [2.45, 2.75) is 39.7 Å². The second-order valence-electron chi connectivity index (χ2n) is 6.10. The lowest BCUT2D eigenvalue weighted by atomic mass is 10.0. The van der Waals surface area contributed by atoms with Gasteiger partial charge in [-0.25, -0.2) is 13.1 Å². The van der Waals surface area contributed by atoms with E-state index >= 15 is 0 Å². The zero-order valence-corrected chi connectivity index (χ0v) is 13.9. The smallest absolute Gasteiger partial charge is 0.212 e. The maximum absolute atomic E-state index is 12.3. The minimum atomic E-state index is -3.26. The van der Waals surface area contributed by atoms with Gasteiger partial charge in [0.25, 0.3) is 0 Å². The van der Waals surface area contributed by atoms with Crippen LogP contribution in [0.5, 0.6) is 0 Å². The lowest BCUT2D eigenvalue weighted by Crippen LogP contribution is -2.33. The highest BCUT2D eigenvalue weighted by Gasteiger charge is 2.23. The SMILES string of the molecule is Cc1cc(C)cc(C(C)NS(=O)(=O)CC2CCOCC2)c1. The molecule has 0 saturated carbocycles. The first kappa shape index (κ1) is 16.5. The quantitative estimate of drug-likeness (QED) is 0.909. The summed E-state index contributed by atoms with van der Waals surface area (Å²) in [5.74, 6) is 0.411. The third-order valence-electron chi connectivity index (χ3n) is 3.90. The first-order valence-electron chi connectivity index (χ1n) is 7.51. The van der Waals surface area contributed by atoms with Gasteiger partial charge in [-0.3, -0.25) is 0 Å². The fourth-order valence-electron chi connectivity index (χ4n) is 2.87. The Morgan fingerprint density at radius 3 is 2.33 bits per heavy atom. The summed E-state index contributed by atoms with van der Waals surface area (Å²) in [6, 6.07) is 5.96. The molecule has 1 saturated heterocycles. The van der Waals surface area contributed by atoms with E-state index < -0.39 is 10.0 Å². The molecule has 1 heterocycles. The molecular weight excluding hydrogens is 286 g/mol. The van der Waals surface area contributed by atoms with E-state index in [2.05, 4.69) is 10.8 Å². The second-order valence-corrected chi connectivity index (χ2v) is 7.90. The second kappa shape index (κ2) is 6.90. The number of nitrogens with one attached hydrogen (secondary N) is 1. The number of benzene rings is 1. The molecule has 0 bridgehead atoms. The van der Waals surface area contributed by atoms with Gasteiger partial charge < -0.3 is 4.74 Å². The number of hydrogen-bond acceptors (Lipinski definition) is 3. The topological polar surface area (TPSA) is 55.4 Å². The summed E-state index contributed by atoms with van der Waals surface area (Å²) in [5.41, 5.74) is 3.32. The Morgan fingerprint density at radius 2 is 1.76 bits per heavy atom. The molecule has 1 fully saturated rings. The zero-order valence-electron chi connectivity index (χ0n) is 13.1. The fourth-order valence-corrected chi connectivity index (χ4v) is 4.59. The predicted molar refractivity (Wildman–Crippen MR) is 84.8 cm³/mol. The number of sulfonamides is 1. The highest BCUT2D eigenvalue weighted by Crippen LogP contribution is 2.20. The van der Waals surface area contributed by atoms with Gasteiger partial charge in [0, 0.05) is 19.3 Å². The van der Waals surface area contributed by atoms with Crippen LogP contribution in [-0.4, -0.2) is 27.4 Å². The average Bonchev–Trinajstić information content (AvgIpc) is 2.37. The molecule has 0 aromatic heterocycles. The maximum atomic E-state index is 12.3. The molecule has 1 unspecified atom stereocenters. The molecule has 1 aromatic carbocycles. The first-order valence-corrected chi connectivity index (χ1v) is 9.17. The number of hydrogen-bond donors (Lipinski definition) is 1. The van der Waals surface area contributed by atoms with Crippen LogP contribution >= 0.6 is 0 Å². The number of aryl methyl sites for hydroxylation is 2. The van der Waals surface area contributed by atoms with Crippen molar-refractivity contribution in [2.24, 2.45) is 5.92 Å². The van der Waals surface area contributed by atoms with Crippen molar-refractivity contribution in [3.05, 3.63) is 34.9 Å². The largest absolute Gasteiger partial charge is 0.381 e. The van der Waals surface area contributed by atoms with Crippen molar-refractivity contribution in [3.63, 3.8) is 0 Å². The van der Waals surface area contributed by atoms with E-state index in [0.29, 0.717) is 13.2 Å². The lowest BCUT2D eigenvalue weighted by molar-refractivity contribution is 0.0723. The molecular formula is C16H25NO3S. The highest BCUT2D eigenvalue weighted by atomic mass is 32.2. The summed E-state index contributed by atoms with van der Waals surface area (Å²) >= 11 is 0. The molecule has 1 atom stereocenters. The Hall–Kier alpha value is -0.910. The van der Waals surface area contributed by atoms with Gasteiger partial charge in [0.2, 0.25) is 10.0 Å². The number of rotatable bonds is 5. The van der Waals surface area contributed by atoms with E-state index in [1.165, 1.54) is 0 Å². The molecule has 0 radical (unpaired) electrons. The minimum absolute atomic E-state index is 0.200. The molecule has 21 heavy (non-hydrogen) atoms. The van der Waals surface area contributed by atoms with Crippen LogP contribution in [0, 0.1) is 19.8 Å². The summed E-state index contributed by atoms with van der Waals surface area (Å²) in [7, 11) is -3.26. The Morgan fingerprint density at radius 1 is 1.19 bits per heavy atom. The van der Waals surface area contributed by atoms with Gasteiger partial charge in [0.05, 0.1) is 5.75 Å². The normalized spacial score (nSPS) is 18.6. The molecule has 0 amide bonds. The van der Waals surface area contributed by atoms with E-state index in [4.69, 9.17) is 4.74 Å². The molecule has 1 aliphatic rings. The first-order chi connectivity index (χ1) is 9.85. The van der Waals surface area contributed by atoms with Crippen molar-refractivity contribution in [1.29, 1.82) is 0 Å². The average molecular weight is 311 g/mol. The van der Waals surface area contributed by atoms with Crippen LogP contribution in [-0.2, 0) is 14.8 Å². The van der Waals surface area contributed by atoms with Crippen molar-refractivity contribution in [2.75, 3.05) is 19.0 Å². The van der Waals surface area contributed by atoms with E-state index in [-0.39, 0.29) is 17.7 Å². The molecule has 118 valence electrons. The van der Waals surface area contributed by atoms with Gasteiger partial charge in [0.1, 0.15) is 0 Å². The zero-order chi connectivity index (χ0) is 15.5. The summed E-state index contributed by atoms with van der Waals surface area (Å²) in [6.45, 7) is 7.30. The molecule has 1 N–H and O–H groups in total. The van der Waals surface area contributed by atoms with Gasteiger partial charge >= 0.3 is 0 Å². The van der Waals surface area contributed by atoms with Crippen LogP contribution in [0.1, 0.15) is 42.5 Å². The van der Waals surface area contributed by atoms with Crippen LogP contribution in [0.4, 0.5) is 0 Å². The molecule has 2 rings (SSSR count). The van der Waals surface area contributed by atoms with Crippen molar-refractivity contribution >= 4 is 10.0 Å². The molecule has 1 aliphatic heterocycles. The molecule has 5 heteroatoms. The highest BCUT2D eigenvalue weighted by molar-refractivity contribution is 7.89. The van der Waals surface area contributed by atoms with Crippen LogP contribution in [0.25, 0.3) is 0 Å². The summed E-state index contributed by atoms with van der Waals surface area (Å²) in [5, 5.41) is 0. The van der Waals surface area contributed by atoms with Gasteiger partial charge in [0.15, 0.2) is 0 Å². The van der Waals surface area contributed by atoms with Gasteiger partial charge in [-0.15, -0.1) is 0 Å². The lowest BCUT2D eigenvalue weighted by Gasteiger charge is -2.23. The van der Waals surface area contributed by atoms with Crippen LogP contribution in [0.2, 0.25) is 0 Å². The molecule has 0 spiro atoms. The Kier molecular flexibility index (Phi) is 5.41. The van der Waals surface area contributed by atoms with E-state index in [9.17, 15) is 8.42 Å². The van der Waals surface area contributed by atoms with Crippen LogP contribution < -0.4 is 4.72 Å². The Balaban J connectivity index is 2.01. The van der Waals surface area contributed by atoms with E-state index in [0.717, 1.165) is 29.5 Å². The Bertz CT molecular complexity index is 557. The summed E-state index contributed by atoms with van der Waals surface area (Å²) in [4.78, 5) is 0. The van der Waals surface area contributed by atoms with Crippen LogP contribution in [0.15, 0.2) is 18.2 Å². The Labute approximate surface area is 127 Å². The number of ether oxygens (including phenoxy) is 1. The molecule has 0 aliphatic carbocycles. The van der Waals surface area contributed by atoms with Gasteiger partial charge in [-0.2, -0.15) is 0 Å². The summed E-state index contributed by atoms with van der Waals surface area (Å²) < 4.78 is 32.7. The fraction of sp³-hybridized carbons (Fsp3) is 0.625. The van der Waals surface area contributed by atoms with Crippen molar-refractivity contribution in [3.8, 4) is 0 Å². The van der Waals surface area contributed by atoms with Crippen molar-refractivity contribution in [1.82, 2.24) is 4.72 Å². The third-order valence-corrected chi connectivity index (χ3v) is 5.52. The molecule has 4 nitrogen and oxygen atoms in total. The van der Waals surface area contributed by atoms with Gasteiger partial charge in [-0.1, -0.05) is 29.3 Å².